The lowest BCUT2D eigenvalue weighted by molar-refractivity contribution is 0.0149. The normalized spacial score (nSPS) is 17.0. The molecule has 0 saturated carbocycles. The van der Waals surface area contributed by atoms with Gasteiger partial charge in [-0.3, -0.25) is 4.90 Å². The number of phenols is 1. The molecule has 1 saturated heterocycles. The van der Waals surface area contributed by atoms with Crippen molar-refractivity contribution in [2.75, 3.05) is 26.2 Å². The van der Waals surface area contributed by atoms with Crippen molar-refractivity contribution in [2.45, 2.75) is 12.5 Å². The number of hydrogen-bond donors (Lipinski definition) is 2. The number of hydrogen-bond acceptors (Lipinski definition) is 3. The minimum absolute atomic E-state index is 0. The Kier molecular flexibility index (Phi) is 8.31. The van der Waals surface area contributed by atoms with Crippen LogP contribution in [-0.2, 0) is 0 Å². The van der Waals surface area contributed by atoms with Crippen molar-refractivity contribution in [3.63, 3.8) is 0 Å². The first-order chi connectivity index (χ1) is 9.02. The molecule has 1 aromatic carbocycles. The zero-order valence-corrected chi connectivity index (χ0v) is 12.5. The lowest BCUT2D eigenvalue weighted by Gasteiger charge is -2.35. The minimum atomic E-state index is -2.92. The van der Waals surface area contributed by atoms with Gasteiger partial charge in [-0.15, -0.1) is 24.8 Å². The lowest BCUT2D eigenvalue weighted by Crippen LogP contribution is -2.47. The van der Waals surface area contributed by atoms with Crippen LogP contribution in [0.3, 0.4) is 0 Å². The van der Waals surface area contributed by atoms with Gasteiger partial charge in [0.2, 0.25) is 0 Å². The van der Waals surface area contributed by atoms with Gasteiger partial charge in [-0.2, -0.15) is 0 Å². The van der Waals surface area contributed by atoms with Crippen LogP contribution in [0.2, 0.25) is 0 Å². The molecule has 3 nitrogen and oxygen atoms in total. The average Bonchev–Trinajstić information content (AvgIpc) is 2.39. The summed E-state index contributed by atoms with van der Waals surface area (Å²) in [5.74, 6) is -3.16. The molecule has 122 valence electrons. The van der Waals surface area contributed by atoms with E-state index in [0.29, 0.717) is 19.2 Å². The minimum Gasteiger partial charge on any atom is -0.505 e. The summed E-state index contributed by atoms with van der Waals surface area (Å²) < 4.78 is 53.3. The summed E-state index contributed by atoms with van der Waals surface area (Å²) in [5, 5.41) is 12.5. The highest BCUT2D eigenvalue weighted by atomic mass is 35.5. The molecule has 1 aliphatic heterocycles. The molecule has 9 heteroatoms. The fourth-order valence-corrected chi connectivity index (χ4v) is 2.27. The summed E-state index contributed by atoms with van der Waals surface area (Å²) in [6, 6.07) is -0.172. The van der Waals surface area contributed by atoms with E-state index in [2.05, 4.69) is 5.32 Å². The highest BCUT2D eigenvalue weighted by molar-refractivity contribution is 5.85. The molecule has 0 radical (unpaired) electrons. The van der Waals surface area contributed by atoms with Gasteiger partial charge in [-0.25, -0.2) is 17.6 Å². The van der Waals surface area contributed by atoms with Gasteiger partial charge in [0.25, 0.3) is 6.43 Å². The van der Waals surface area contributed by atoms with E-state index in [1.54, 1.807) is 0 Å². The van der Waals surface area contributed by atoms with Crippen LogP contribution in [0.1, 0.15) is 11.6 Å². The second-order valence-corrected chi connectivity index (χ2v) is 4.36. The van der Waals surface area contributed by atoms with Crippen LogP contribution in [0.25, 0.3) is 0 Å². The van der Waals surface area contributed by atoms with Crippen molar-refractivity contribution < 1.29 is 22.7 Å². The van der Waals surface area contributed by atoms with E-state index in [1.807, 2.05) is 0 Å². The number of benzene rings is 1. The Morgan fingerprint density at radius 3 is 2.10 bits per heavy atom. The third-order valence-corrected chi connectivity index (χ3v) is 3.19. The molecular formula is C12H16Cl2F4N2O. The number of rotatable bonds is 3. The highest BCUT2D eigenvalue weighted by Gasteiger charge is 2.35. The second kappa shape index (κ2) is 8.63. The average molecular weight is 351 g/mol. The molecule has 21 heavy (non-hydrogen) atoms. The third kappa shape index (κ3) is 4.35. The Balaban J connectivity index is 0.00000200. The van der Waals surface area contributed by atoms with Crippen molar-refractivity contribution in [2.24, 2.45) is 0 Å². The van der Waals surface area contributed by atoms with Gasteiger partial charge in [-0.1, -0.05) is 0 Å². The molecule has 1 aliphatic rings. The topological polar surface area (TPSA) is 35.5 Å². The highest BCUT2D eigenvalue weighted by Crippen LogP contribution is 2.36. The molecule has 2 rings (SSSR count). The first-order valence-electron chi connectivity index (χ1n) is 5.92. The Hall–Kier alpha value is -0.760. The molecule has 0 aliphatic carbocycles. The number of nitrogens with one attached hydrogen (secondary N) is 1. The zero-order chi connectivity index (χ0) is 14.0. The largest absolute Gasteiger partial charge is 0.505 e. The van der Waals surface area contributed by atoms with Crippen LogP contribution in [-0.4, -0.2) is 42.6 Å². The van der Waals surface area contributed by atoms with E-state index >= 15 is 0 Å². The van der Waals surface area contributed by atoms with Crippen LogP contribution in [0.5, 0.6) is 5.75 Å². The van der Waals surface area contributed by atoms with Gasteiger partial charge in [-0.05, 0) is 12.1 Å². The Morgan fingerprint density at radius 1 is 1.05 bits per heavy atom. The van der Waals surface area contributed by atoms with Crippen molar-refractivity contribution in [3.8, 4) is 5.75 Å². The maximum absolute atomic E-state index is 13.7. The number of piperazine rings is 1. The molecule has 0 unspecified atom stereocenters. The zero-order valence-electron chi connectivity index (χ0n) is 10.9. The standard InChI is InChI=1S/C12H14F4N2O.2ClH/c13-7-1-2-8(14)11(19)9(7)10(12(15)16)18-5-3-17-4-6-18;;/h1-2,10,12,17,19H,3-6H2;2*1H/t10-;;/m0../s1. The molecule has 0 bridgehead atoms. The van der Waals surface area contributed by atoms with Gasteiger partial charge >= 0.3 is 0 Å². The summed E-state index contributed by atoms with van der Waals surface area (Å²) in [6.07, 6.45) is -2.92. The smallest absolute Gasteiger partial charge is 0.258 e. The van der Waals surface area contributed by atoms with Crippen LogP contribution < -0.4 is 5.32 Å². The van der Waals surface area contributed by atoms with Crippen LogP contribution >= 0.6 is 24.8 Å². The molecule has 0 spiro atoms. The van der Waals surface area contributed by atoms with Gasteiger partial charge in [0.15, 0.2) is 11.6 Å². The first-order valence-corrected chi connectivity index (χ1v) is 5.92. The Labute approximate surface area is 132 Å². The van der Waals surface area contributed by atoms with E-state index in [-0.39, 0.29) is 37.9 Å². The fourth-order valence-electron chi connectivity index (χ4n) is 2.27. The summed E-state index contributed by atoms with van der Waals surface area (Å²) in [6.45, 7) is 1.54. The van der Waals surface area contributed by atoms with Crippen molar-refractivity contribution in [1.82, 2.24) is 10.2 Å². The summed E-state index contributed by atoms with van der Waals surface area (Å²) in [5.41, 5.74) is -0.670. The van der Waals surface area contributed by atoms with E-state index in [4.69, 9.17) is 0 Å². The number of phenolic OH excluding ortho intramolecular Hbond substituents is 1. The predicted molar refractivity (Wildman–Crippen MR) is 75.7 cm³/mol. The molecule has 0 amide bonds. The van der Waals surface area contributed by atoms with Crippen LogP contribution in [0.15, 0.2) is 12.1 Å². The monoisotopic (exact) mass is 350 g/mol. The quantitative estimate of drug-likeness (QED) is 0.823. The number of alkyl halides is 2. The predicted octanol–water partition coefficient (Wildman–Crippen LogP) is 2.73. The van der Waals surface area contributed by atoms with E-state index in [9.17, 15) is 22.7 Å². The number of halogens is 6. The molecule has 2 N–H and O–H groups in total. The van der Waals surface area contributed by atoms with Crippen molar-refractivity contribution in [1.29, 1.82) is 0 Å². The van der Waals surface area contributed by atoms with Crippen LogP contribution in [0, 0.1) is 11.6 Å². The molecule has 1 atom stereocenters. The van der Waals surface area contributed by atoms with Crippen molar-refractivity contribution in [3.05, 3.63) is 29.3 Å². The Bertz CT molecular complexity index is 459. The maximum atomic E-state index is 13.7. The lowest BCUT2D eigenvalue weighted by atomic mass is 10.0. The third-order valence-electron chi connectivity index (χ3n) is 3.19. The molecule has 0 aromatic heterocycles. The van der Waals surface area contributed by atoms with Crippen LogP contribution in [0.4, 0.5) is 17.6 Å². The van der Waals surface area contributed by atoms with E-state index in [1.165, 1.54) is 4.90 Å². The fraction of sp³-hybridized carbons (Fsp3) is 0.500. The summed E-state index contributed by atoms with van der Waals surface area (Å²) in [4.78, 5) is 1.35. The van der Waals surface area contributed by atoms with Gasteiger partial charge in [0.05, 0.1) is 5.56 Å². The van der Waals surface area contributed by atoms with Gasteiger partial charge in [0.1, 0.15) is 11.9 Å². The van der Waals surface area contributed by atoms with Gasteiger partial charge in [0, 0.05) is 26.2 Å². The maximum Gasteiger partial charge on any atom is 0.258 e. The van der Waals surface area contributed by atoms with Gasteiger partial charge < -0.3 is 10.4 Å². The summed E-state index contributed by atoms with van der Waals surface area (Å²) >= 11 is 0. The molecule has 1 aromatic rings. The number of nitrogens with zero attached hydrogens (tertiary/aromatic N) is 1. The van der Waals surface area contributed by atoms with Crippen molar-refractivity contribution >= 4 is 24.8 Å². The SMILES string of the molecule is Cl.Cl.Oc1c(F)ccc(F)c1[C@@H](C(F)F)N1CCNCC1. The molecular weight excluding hydrogens is 335 g/mol. The number of aromatic hydroxyl groups is 1. The Morgan fingerprint density at radius 2 is 1.57 bits per heavy atom. The summed E-state index contributed by atoms with van der Waals surface area (Å²) in [7, 11) is 0. The molecule has 1 fully saturated rings. The second-order valence-electron chi connectivity index (χ2n) is 4.36. The van der Waals surface area contributed by atoms with E-state index in [0.717, 1.165) is 6.07 Å². The van der Waals surface area contributed by atoms with E-state index < -0.39 is 35.4 Å². The first kappa shape index (κ1) is 20.2. The molecule has 1 heterocycles.